The summed E-state index contributed by atoms with van der Waals surface area (Å²) in [5.74, 6) is 0. The van der Waals surface area contributed by atoms with Crippen LogP contribution in [-0.4, -0.2) is 4.98 Å². The Morgan fingerprint density at radius 2 is 1.88 bits per heavy atom. The molecule has 0 atom stereocenters. The largest absolute Gasteiger partial charge is 0.358 e. The zero-order valence-electron chi connectivity index (χ0n) is 13.8. The van der Waals surface area contributed by atoms with Gasteiger partial charge in [0.25, 0.3) is 0 Å². The van der Waals surface area contributed by atoms with Crippen molar-refractivity contribution in [2.24, 2.45) is 0 Å². The molecule has 2 aromatic carbocycles. The minimum Gasteiger partial charge on any atom is -0.358 e. The Balaban J connectivity index is 0.00000100. The monoisotopic (exact) mass is 334 g/mol. The molecule has 0 saturated carbocycles. The summed E-state index contributed by atoms with van der Waals surface area (Å²) in [7, 11) is 0. The molecule has 1 aromatic heterocycles. The molecule has 0 fully saturated rings. The smallest absolute Gasteiger partial charge is 0.101 e. The molecule has 4 nitrogen and oxygen atoms in total. The Morgan fingerprint density at radius 3 is 2.58 bits per heavy atom. The lowest BCUT2D eigenvalue weighted by Gasteiger charge is -2.08. The molecule has 3 rings (SSSR count). The first kappa shape index (κ1) is 17.5. The summed E-state index contributed by atoms with van der Waals surface area (Å²) in [5, 5.41) is 19.1. The van der Waals surface area contributed by atoms with Crippen LogP contribution in [0.4, 0.5) is 5.69 Å². The van der Waals surface area contributed by atoms with Crippen LogP contribution in [0.1, 0.15) is 30.5 Å². The van der Waals surface area contributed by atoms with E-state index in [1.165, 1.54) is 11.9 Å². The van der Waals surface area contributed by atoms with Gasteiger partial charge in [0.05, 0.1) is 28.4 Å². The molecule has 5 heteroatoms. The Kier molecular flexibility index (Phi) is 5.89. The van der Waals surface area contributed by atoms with E-state index in [0.717, 1.165) is 27.0 Å². The minimum absolute atomic E-state index is 0.632. The number of aryl methyl sites for hydroxylation is 1. The average Bonchev–Trinajstić information content (AvgIpc) is 3.08. The van der Waals surface area contributed by atoms with Gasteiger partial charge in [-0.05, 0) is 48.7 Å². The summed E-state index contributed by atoms with van der Waals surface area (Å²) in [5.41, 5.74) is 4.17. The number of aromatic amines is 1. The van der Waals surface area contributed by atoms with Gasteiger partial charge >= 0.3 is 0 Å². The van der Waals surface area contributed by atoms with Gasteiger partial charge in [-0.1, -0.05) is 26.0 Å². The van der Waals surface area contributed by atoms with Gasteiger partial charge in [0.15, 0.2) is 0 Å². The van der Waals surface area contributed by atoms with E-state index in [0.29, 0.717) is 11.1 Å². The zero-order valence-corrected chi connectivity index (χ0v) is 14.7. The second-order valence-electron chi connectivity index (χ2n) is 4.84. The highest BCUT2D eigenvalue weighted by molar-refractivity contribution is 8.00. The first-order chi connectivity index (χ1) is 11.7. The van der Waals surface area contributed by atoms with Crippen molar-refractivity contribution in [3.8, 4) is 12.1 Å². The number of hydrogen-bond acceptors (Lipinski definition) is 4. The van der Waals surface area contributed by atoms with Crippen molar-refractivity contribution < 1.29 is 0 Å². The van der Waals surface area contributed by atoms with Crippen molar-refractivity contribution in [2.75, 3.05) is 4.72 Å². The number of anilines is 1. The van der Waals surface area contributed by atoms with Gasteiger partial charge in [0.1, 0.15) is 6.07 Å². The van der Waals surface area contributed by atoms with Crippen LogP contribution >= 0.6 is 11.9 Å². The lowest BCUT2D eigenvalue weighted by Crippen LogP contribution is -1.90. The Labute approximate surface area is 146 Å². The van der Waals surface area contributed by atoms with Crippen molar-refractivity contribution in [3.05, 3.63) is 59.3 Å². The summed E-state index contributed by atoms with van der Waals surface area (Å²) in [6.07, 6.45) is 1.73. The maximum absolute atomic E-state index is 9.18. The minimum atomic E-state index is 0.632. The number of fused-ring (bicyclic) bond motifs is 1. The zero-order chi connectivity index (χ0) is 17.5. The van der Waals surface area contributed by atoms with Gasteiger partial charge in [0.2, 0.25) is 0 Å². The predicted octanol–water partition coefficient (Wildman–Crippen LogP) is 5.37. The fraction of sp³-hybridized carbons (Fsp3) is 0.158. The van der Waals surface area contributed by atoms with E-state index in [2.05, 4.69) is 21.8 Å². The number of nitrogens with one attached hydrogen (secondary N) is 2. The number of nitriles is 2. The molecule has 24 heavy (non-hydrogen) atoms. The van der Waals surface area contributed by atoms with Crippen molar-refractivity contribution in [1.82, 2.24) is 4.98 Å². The molecular weight excluding hydrogens is 316 g/mol. The number of hydrogen-bond donors (Lipinski definition) is 2. The molecule has 0 unspecified atom stereocenters. The summed E-state index contributed by atoms with van der Waals surface area (Å²) in [6, 6.07) is 15.7. The van der Waals surface area contributed by atoms with Crippen molar-refractivity contribution in [1.29, 1.82) is 10.5 Å². The molecule has 0 aliphatic rings. The maximum Gasteiger partial charge on any atom is 0.101 e. The first-order valence-corrected chi connectivity index (χ1v) is 8.48. The number of rotatable bonds is 3. The molecule has 1 heterocycles. The average molecular weight is 334 g/mol. The van der Waals surface area contributed by atoms with E-state index in [-0.39, 0.29) is 0 Å². The molecule has 0 bridgehead atoms. The second kappa shape index (κ2) is 8.10. The standard InChI is InChI=1S/C17H12N4S.C2H6/c1-11-5-6-15(17-16(11)13(9-19)10-20-17)21-22-14-4-2-3-12(7-14)8-18;1-2/h2-7,10,20-21H,1H3;1-2H3. The summed E-state index contributed by atoms with van der Waals surface area (Å²) < 4.78 is 3.29. The molecule has 3 aromatic rings. The Hall–Kier alpha value is -2.89. The Morgan fingerprint density at radius 1 is 1.08 bits per heavy atom. The van der Waals surface area contributed by atoms with E-state index in [1.54, 1.807) is 12.3 Å². The van der Waals surface area contributed by atoms with E-state index in [9.17, 15) is 5.26 Å². The van der Waals surface area contributed by atoms with Gasteiger partial charge in [-0.3, -0.25) is 0 Å². The van der Waals surface area contributed by atoms with Crippen LogP contribution in [0.5, 0.6) is 0 Å². The van der Waals surface area contributed by atoms with Gasteiger partial charge in [-0.2, -0.15) is 10.5 Å². The predicted molar refractivity (Wildman–Crippen MR) is 99.7 cm³/mol. The first-order valence-electron chi connectivity index (χ1n) is 7.66. The third kappa shape index (κ3) is 3.53. The van der Waals surface area contributed by atoms with Crippen LogP contribution in [0.15, 0.2) is 47.5 Å². The quantitative estimate of drug-likeness (QED) is 0.632. The maximum atomic E-state index is 9.18. The van der Waals surface area contributed by atoms with E-state index < -0.39 is 0 Å². The van der Waals surface area contributed by atoms with E-state index in [4.69, 9.17) is 5.26 Å². The fourth-order valence-corrected chi connectivity index (χ4v) is 3.07. The van der Waals surface area contributed by atoms with Crippen LogP contribution in [0.2, 0.25) is 0 Å². The lowest BCUT2D eigenvalue weighted by atomic mass is 10.1. The number of nitrogens with zero attached hydrogens (tertiary/aromatic N) is 2. The molecule has 0 amide bonds. The Bertz CT molecular complexity index is 929. The molecule has 0 saturated heterocycles. The SMILES string of the molecule is CC.Cc1ccc(NSc2cccc(C#N)c2)c2[nH]cc(C#N)c12. The molecule has 0 radical (unpaired) electrons. The van der Waals surface area contributed by atoms with Crippen molar-refractivity contribution in [3.63, 3.8) is 0 Å². The van der Waals surface area contributed by atoms with E-state index >= 15 is 0 Å². The van der Waals surface area contributed by atoms with E-state index in [1.807, 2.05) is 51.1 Å². The lowest BCUT2D eigenvalue weighted by molar-refractivity contribution is 1.40. The van der Waals surface area contributed by atoms with Crippen LogP contribution in [0, 0.1) is 29.6 Å². The van der Waals surface area contributed by atoms with Gasteiger partial charge in [0, 0.05) is 16.5 Å². The number of H-pyrrole nitrogens is 1. The molecular formula is C19H18N4S. The van der Waals surface area contributed by atoms with Crippen LogP contribution in [0.25, 0.3) is 10.9 Å². The molecule has 0 aliphatic carbocycles. The molecule has 0 aliphatic heterocycles. The normalized spacial score (nSPS) is 9.54. The van der Waals surface area contributed by atoms with Crippen LogP contribution in [0.3, 0.4) is 0 Å². The summed E-state index contributed by atoms with van der Waals surface area (Å²) in [4.78, 5) is 4.11. The molecule has 120 valence electrons. The number of benzene rings is 2. The second-order valence-corrected chi connectivity index (χ2v) is 5.72. The highest BCUT2D eigenvalue weighted by Crippen LogP contribution is 2.31. The van der Waals surface area contributed by atoms with Crippen molar-refractivity contribution >= 4 is 28.5 Å². The van der Waals surface area contributed by atoms with Gasteiger partial charge in [-0.25, -0.2) is 0 Å². The third-order valence-electron chi connectivity index (χ3n) is 3.41. The van der Waals surface area contributed by atoms with Gasteiger partial charge < -0.3 is 9.71 Å². The summed E-state index contributed by atoms with van der Waals surface area (Å²) in [6.45, 7) is 5.99. The van der Waals surface area contributed by atoms with Gasteiger partial charge in [-0.15, -0.1) is 0 Å². The molecule has 2 N–H and O–H groups in total. The third-order valence-corrected chi connectivity index (χ3v) is 4.22. The highest BCUT2D eigenvalue weighted by Gasteiger charge is 2.10. The summed E-state index contributed by atoms with van der Waals surface area (Å²) >= 11 is 1.44. The van der Waals surface area contributed by atoms with Crippen molar-refractivity contribution in [2.45, 2.75) is 25.7 Å². The topological polar surface area (TPSA) is 75.4 Å². The highest BCUT2D eigenvalue weighted by atomic mass is 32.2. The number of aromatic nitrogens is 1. The molecule has 0 spiro atoms. The van der Waals surface area contributed by atoms with Crippen LogP contribution in [-0.2, 0) is 0 Å². The van der Waals surface area contributed by atoms with Crippen LogP contribution < -0.4 is 4.72 Å². The fourth-order valence-electron chi connectivity index (χ4n) is 2.34.